The van der Waals surface area contributed by atoms with E-state index in [0.29, 0.717) is 60.4 Å². The van der Waals surface area contributed by atoms with E-state index in [1.807, 2.05) is 42.1 Å². The molecule has 14 heteroatoms. The van der Waals surface area contributed by atoms with Gasteiger partial charge in [-0.05, 0) is 26.2 Å². The van der Waals surface area contributed by atoms with Crippen molar-refractivity contribution in [1.29, 1.82) is 0 Å². The van der Waals surface area contributed by atoms with Crippen molar-refractivity contribution in [2.75, 3.05) is 95.6 Å². The molecule has 13 nitrogen and oxygen atoms in total. The molecule has 2 aromatic carbocycles. The molecule has 4 rings (SSSR count). The van der Waals surface area contributed by atoms with Crippen LogP contribution in [0.3, 0.4) is 0 Å². The van der Waals surface area contributed by atoms with Crippen LogP contribution in [0.2, 0.25) is 5.02 Å². The minimum Gasteiger partial charge on any atom is -0.496 e. The number of ether oxygens (including phenoxy) is 3. The van der Waals surface area contributed by atoms with Crippen molar-refractivity contribution in [1.82, 2.24) is 14.9 Å². The van der Waals surface area contributed by atoms with Crippen LogP contribution < -0.4 is 30.3 Å². The minimum atomic E-state index is -0.435. The molecule has 0 atom stereocenters. The summed E-state index contributed by atoms with van der Waals surface area (Å²) in [6.07, 6.45) is 0. The summed E-state index contributed by atoms with van der Waals surface area (Å²) in [5.41, 5.74) is 8.75. The number of nitrogens with zero attached hydrogens (tertiary/aromatic N) is 6. The molecule has 1 saturated heterocycles. The molecule has 1 aliphatic rings. The van der Waals surface area contributed by atoms with Crippen LogP contribution in [0, 0.1) is 10.1 Å². The van der Waals surface area contributed by atoms with Crippen LogP contribution in [0.5, 0.6) is 11.5 Å². The molecular weight excluding hydrogens is 552 g/mol. The van der Waals surface area contributed by atoms with E-state index < -0.39 is 4.92 Å². The highest BCUT2D eigenvalue weighted by molar-refractivity contribution is 6.35. The van der Waals surface area contributed by atoms with Gasteiger partial charge in [-0.3, -0.25) is 10.1 Å². The van der Waals surface area contributed by atoms with Gasteiger partial charge in [0.2, 0.25) is 5.95 Å². The first-order valence-corrected chi connectivity index (χ1v) is 13.3. The van der Waals surface area contributed by atoms with Crippen molar-refractivity contribution in [2.45, 2.75) is 0 Å². The number of aromatic nitrogens is 2. The molecule has 0 saturated carbocycles. The fourth-order valence-corrected chi connectivity index (χ4v) is 4.65. The molecule has 0 amide bonds. The number of rotatable bonds is 11. The number of nitrogen functional groups attached to an aromatic ring is 1. The van der Waals surface area contributed by atoms with Crippen molar-refractivity contribution in [3.05, 3.63) is 45.5 Å². The van der Waals surface area contributed by atoms with Gasteiger partial charge in [-0.1, -0.05) is 11.6 Å². The van der Waals surface area contributed by atoms with Gasteiger partial charge in [-0.15, -0.1) is 0 Å². The zero-order valence-corrected chi connectivity index (χ0v) is 24.6. The second-order valence-electron chi connectivity index (χ2n) is 9.73. The molecule has 220 valence electrons. The first-order chi connectivity index (χ1) is 19.6. The maximum absolute atomic E-state index is 12.0. The third-order valence-electron chi connectivity index (χ3n) is 6.73. The van der Waals surface area contributed by atoms with Crippen LogP contribution in [-0.4, -0.2) is 94.5 Å². The van der Waals surface area contributed by atoms with E-state index in [1.54, 1.807) is 20.2 Å². The Morgan fingerprint density at radius 3 is 2.44 bits per heavy atom. The highest BCUT2D eigenvalue weighted by Gasteiger charge is 2.24. The first-order valence-electron chi connectivity index (χ1n) is 13.0. The maximum Gasteiger partial charge on any atom is 0.294 e. The quantitative estimate of drug-likeness (QED) is 0.248. The van der Waals surface area contributed by atoms with Crippen LogP contribution >= 0.6 is 11.6 Å². The highest BCUT2D eigenvalue weighted by Crippen LogP contribution is 2.41. The fraction of sp³-hybridized carbons (Fsp3) is 0.407. The predicted molar refractivity (Wildman–Crippen MR) is 161 cm³/mol. The fourth-order valence-electron chi connectivity index (χ4n) is 4.46. The molecular formula is C27H35ClN8O5. The summed E-state index contributed by atoms with van der Waals surface area (Å²) in [6, 6.07) is 8.75. The molecule has 0 radical (unpaired) electrons. The van der Waals surface area contributed by atoms with Gasteiger partial charge in [-0.25, -0.2) is 4.98 Å². The number of hydrogen-bond acceptors (Lipinski definition) is 12. The summed E-state index contributed by atoms with van der Waals surface area (Å²) in [7, 11) is 8.73. The second kappa shape index (κ2) is 13.1. The number of benzene rings is 2. The summed E-state index contributed by atoms with van der Waals surface area (Å²) >= 11 is 6.57. The molecule has 0 aliphatic carbocycles. The molecule has 0 spiro atoms. The summed E-state index contributed by atoms with van der Waals surface area (Å²) in [4.78, 5) is 26.5. The van der Waals surface area contributed by atoms with Crippen LogP contribution in [-0.2, 0) is 4.74 Å². The summed E-state index contributed by atoms with van der Waals surface area (Å²) in [5.74, 6) is 1.04. The Bertz CT molecular complexity index is 1400. The van der Waals surface area contributed by atoms with Crippen molar-refractivity contribution >= 4 is 46.1 Å². The maximum atomic E-state index is 12.0. The first kappa shape index (κ1) is 29.9. The number of hydrogen-bond donors (Lipinski definition) is 2. The molecule has 1 fully saturated rings. The van der Waals surface area contributed by atoms with E-state index in [1.165, 1.54) is 13.2 Å². The lowest BCUT2D eigenvalue weighted by molar-refractivity contribution is -0.384. The van der Waals surface area contributed by atoms with Gasteiger partial charge in [0, 0.05) is 62.7 Å². The Hall–Kier alpha value is -4.07. The number of nitro groups is 1. The van der Waals surface area contributed by atoms with E-state index in [2.05, 4.69) is 20.2 Å². The number of halogens is 1. The van der Waals surface area contributed by atoms with Gasteiger partial charge in [0.05, 0.1) is 38.0 Å². The van der Waals surface area contributed by atoms with E-state index >= 15 is 0 Å². The number of nitrogens with one attached hydrogen (secondary N) is 1. The van der Waals surface area contributed by atoms with Crippen LogP contribution in [0.4, 0.5) is 34.5 Å². The number of methoxy groups -OCH3 is 2. The Morgan fingerprint density at radius 2 is 1.80 bits per heavy atom. The summed E-state index contributed by atoms with van der Waals surface area (Å²) in [5, 5.41) is 15.2. The Morgan fingerprint density at radius 1 is 1.10 bits per heavy atom. The van der Waals surface area contributed by atoms with Gasteiger partial charge in [0.25, 0.3) is 5.69 Å². The molecule has 0 unspecified atom stereocenters. The van der Waals surface area contributed by atoms with Gasteiger partial charge >= 0.3 is 0 Å². The molecule has 0 bridgehead atoms. The number of morpholine rings is 1. The molecule has 3 N–H and O–H groups in total. The van der Waals surface area contributed by atoms with E-state index in [4.69, 9.17) is 31.5 Å². The van der Waals surface area contributed by atoms with E-state index in [0.717, 1.165) is 18.8 Å². The average molecular weight is 587 g/mol. The van der Waals surface area contributed by atoms with Crippen molar-refractivity contribution in [3.63, 3.8) is 0 Å². The van der Waals surface area contributed by atoms with E-state index in [-0.39, 0.29) is 22.5 Å². The van der Waals surface area contributed by atoms with E-state index in [9.17, 15) is 10.1 Å². The molecule has 2 heterocycles. The number of likely N-dealkylation sites (N-methyl/N-ethyl adjacent to an activating group) is 2. The lowest BCUT2D eigenvalue weighted by atomic mass is 10.1. The Balaban J connectivity index is 1.71. The topological polar surface area (TPSA) is 144 Å². The zero-order valence-electron chi connectivity index (χ0n) is 23.8. The van der Waals surface area contributed by atoms with Crippen molar-refractivity contribution < 1.29 is 19.1 Å². The largest absolute Gasteiger partial charge is 0.496 e. The molecule has 1 aliphatic heterocycles. The van der Waals surface area contributed by atoms with Crippen molar-refractivity contribution in [2.24, 2.45) is 0 Å². The monoisotopic (exact) mass is 586 g/mol. The average Bonchev–Trinajstić information content (AvgIpc) is 2.97. The van der Waals surface area contributed by atoms with Gasteiger partial charge in [-0.2, -0.15) is 4.98 Å². The minimum absolute atomic E-state index is 0.0342. The molecule has 41 heavy (non-hydrogen) atoms. The summed E-state index contributed by atoms with van der Waals surface area (Å²) < 4.78 is 16.7. The lowest BCUT2D eigenvalue weighted by Gasteiger charge is -2.29. The third-order valence-corrected chi connectivity index (χ3v) is 7.10. The number of nitro benzene ring substituents is 1. The van der Waals surface area contributed by atoms with Crippen LogP contribution in [0.25, 0.3) is 11.3 Å². The van der Waals surface area contributed by atoms with Crippen LogP contribution in [0.1, 0.15) is 0 Å². The number of nitrogens with two attached hydrogens (primary N) is 1. The lowest BCUT2D eigenvalue weighted by Crippen LogP contribution is -2.36. The Kier molecular flexibility index (Phi) is 9.53. The zero-order chi connectivity index (χ0) is 29.7. The standard InChI is InChI=1S/C27H35ClN8O5/c1-33(2)8-9-34(3)20-16-23(40-5)19(15-21(20)36(37)38)30-27-31-25(24(28)26(29)32-27)18-7-6-17(14-22(18)39-4)35-10-12-41-13-11-35/h6-7,14-16H,8-13H2,1-5H3,(H3,29,30,31,32). The third kappa shape index (κ3) is 6.81. The smallest absolute Gasteiger partial charge is 0.294 e. The molecule has 3 aromatic rings. The highest BCUT2D eigenvalue weighted by atomic mass is 35.5. The predicted octanol–water partition coefficient (Wildman–Crippen LogP) is 3.88. The number of anilines is 5. The van der Waals surface area contributed by atoms with Gasteiger partial charge < -0.3 is 40.0 Å². The SMILES string of the molecule is COc1cc(N(C)CCN(C)C)c([N+](=O)[O-])cc1Nc1nc(N)c(Cl)c(-c2ccc(N3CCOCC3)cc2OC)n1. The normalized spacial score (nSPS) is 13.3. The molecule has 1 aromatic heterocycles. The van der Waals surface area contributed by atoms with Gasteiger partial charge in [0.15, 0.2) is 0 Å². The second-order valence-corrected chi connectivity index (χ2v) is 10.1. The Labute approximate surface area is 243 Å². The van der Waals surface area contributed by atoms with Crippen molar-refractivity contribution in [3.8, 4) is 22.8 Å². The van der Waals surface area contributed by atoms with Gasteiger partial charge in [0.1, 0.15) is 33.7 Å². The van der Waals surface area contributed by atoms with Crippen LogP contribution in [0.15, 0.2) is 30.3 Å². The summed E-state index contributed by atoms with van der Waals surface area (Å²) in [6.45, 7) is 4.15.